The molecule has 1 aliphatic rings. The van der Waals surface area contributed by atoms with Crippen LogP contribution in [-0.4, -0.2) is 31.9 Å². The summed E-state index contributed by atoms with van der Waals surface area (Å²) < 4.78 is 29.2. The highest BCUT2D eigenvalue weighted by Crippen LogP contribution is 2.38. The average Bonchev–Trinajstić information content (AvgIpc) is 3.44. The Morgan fingerprint density at radius 2 is 1.37 bits per heavy atom. The van der Waals surface area contributed by atoms with Crippen molar-refractivity contribution >= 4 is 0 Å². The van der Waals surface area contributed by atoms with Crippen molar-refractivity contribution < 1.29 is 23.7 Å². The topological polar surface area (TPSA) is 49.5 Å². The van der Waals surface area contributed by atoms with Crippen LogP contribution >= 0.6 is 0 Å². The lowest BCUT2D eigenvalue weighted by molar-refractivity contribution is -0.364. The Morgan fingerprint density at radius 1 is 0.867 bits per heavy atom. The molecule has 2 atom stereocenters. The van der Waals surface area contributed by atoms with Gasteiger partial charge in [0.05, 0.1) is 36.4 Å². The number of unbranched alkanes of at least 4 members (excludes halogenated alkanes) is 5. The Labute approximate surface area is 184 Å². The van der Waals surface area contributed by atoms with E-state index in [1.165, 1.54) is 32.1 Å². The van der Waals surface area contributed by atoms with Gasteiger partial charge in [0.15, 0.2) is 0 Å². The summed E-state index contributed by atoms with van der Waals surface area (Å²) in [4.78, 5) is 0. The van der Waals surface area contributed by atoms with E-state index in [1.54, 1.807) is 20.8 Å². The number of ether oxygens (including phenoxy) is 5. The van der Waals surface area contributed by atoms with Crippen LogP contribution in [0.25, 0.3) is 0 Å². The third-order valence-electron chi connectivity index (χ3n) is 4.90. The first kappa shape index (κ1) is 26.6. The van der Waals surface area contributed by atoms with E-state index in [-0.39, 0.29) is 12.0 Å². The Morgan fingerprint density at radius 3 is 1.87 bits per heavy atom. The smallest absolute Gasteiger partial charge is 0.419 e. The summed E-state index contributed by atoms with van der Waals surface area (Å²) in [5.41, 5.74) is 0. The molecule has 0 aliphatic carbocycles. The molecule has 0 bridgehead atoms. The second-order valence-electron chi connectivity index (χ2n) is 8.44. The minimum Gasteiger partial charge on any atom is -0.426 e. The first-order chi connectivity index (χ1) is 14.3. The number of epoxide rings is 1. The van der Waals surface area contributed by atoms with Gasteiger partial charge in [-0.25, -0.2) is 0 Å². The molecule has 1 saturated heterocycles. The van der Waals surface area contributed by atoms with Crippen molar-refractivity contribution in [1.82, 2.24) is 0 Å². The summed E-state index contributed by atoms with van der Waals surface area (Å²) in [6.45, 7) is 21.6. The number of allylic oxidation sites excluding steroid dienone is 3. The Bertz CT molecular complexity index is 483. The van der Waals surface area contributed by atoms with E-state index in [4.69, 9.17) is 23.7 Å². The van der Waals surface area contributed by atoms with Crippen molar-refractivity contribution in [2.45, 2.75) is 97.6 Å². The minimum atomic E-state index is -1.30. The van der Waals surface area contributed by atoms with E-state index < -0.39 is 5.97 Å². The maximum absolute atomic E-state index is 6.10. The molecule has 0 amide bonds. The molecule has 0 aromatic heterocycles. The number of hydrogen-bond donors (Lipinski definition) is 0. The van der Waals surface area contributed by atoms with Gasteiger partial charge in [-0.1, -0.05) is 65.2 Å². The standard InChI is InChI=1S/C25H44O5/c1-8-9-10-11-12-13-15-23(16-14-17-26-18-24-19-27-24)25(28-20(2)3,29-21(4)5)30-22(6)7/h23-24H,2,4,6,8-19H2,1,3,5,7H3. The maximum Gasteiger partial charge on any atom is 0.419 e. The molecular formula is C25H44O5. The highest BCUT2D eigenvalue weighted by molar-refractivity contribution is 4.90. The lowest BCUT2D eigenvalue weighted by Crippen LogP contribution is -2.45. The first-order valence-electron chi connectivity index (χ1n) is 11.5. The molecule has 0 aromatic rings. The largest absolute Gasteiger partial charge is 0.426 e. The maximum atomic E-state index is 6.10. The molecular weight excluding hydrogens is 380 g/mol. The van der Waals surface area contributed by atoms with Crippen molar-refractivity contribution in [1.29, 1.82) is 0 Å². The van der Waals surface area contributed by atoms with Crippen LogP contribution in [0.15, 0.2) is 37.0 Å². The molecule has 1 aliphatic heterocycles. The Kier molecular flexibility index (Phi) is 12.9. The summed E-state index contributed by atoms with van der Waals surface area (Å²) in [5, 5.41) is 0. The van der Waals surface area contributed by atoms with Gasteiger partial charge in [-0.2, -0.15) is 0 Å². The fourth-order valence-corrected chi connectivity index (χ4v) is 3.52. The molecule has 0 spiro atoms. The van der Waals surface area contributed by atoms with Crippen molar-refractivity contribution in [2.24, 2.45) is 5.92 Å². The van der Waals surface area contributed by atoms with Crippen molar-refractivity contribution in [3.05, 3.63) is 37.0 Å². The van der Waals surface area contributed by atoms with E-state index in [0.717, 1.165) is 32.3 Å². The molecule has 5 heteroatoms. The SMILES string of the molecule is C=C(C)OC(OC(=C)C)(OC(=C)C)C(CCCCCCCC)CCCOCC1CO1. The van der Waals surface area contributed by atoms with Crippen LogP contribution in [0.1, 0.15) is 85.5 Å². The zero-order valence-corrected chi connectivity index (χ0v) is 19.8. The normalized spacial score (nSPS) is 16.6. The predicted molar refractivity (Wildman–Crippen MR) is 122 cm³/mol. The number of hydrogen-bond acceptors (Lipinski definition) is 5. The zero-order valence-electron chi connectivity index (χ0n) is 19.8. The van der Waals surface area contributed by atoms with Crippen LogP contribution in [0.2, 0.25) is 0 Å². The Balaban J connectivity index is 2.81. The summed E-state index contributed by atoms with van der Waals surface area (Å²) >= 11 is 0. The quantitative estimate of drug-likeness (QED) is 0.0925. The van der Waals surface area contributed by atoms with Gasteiger partial charge >= 0.3 is 5.97 Å². The van der Waals surface area contributed by atoms with Crippen molar-refractivity contribution in [3.63, 3.8) is 0 Å². The third kappa shape index (κ3) is 11.7. The van der Waals surface area contributed by atoms with Crippen LogP contribution in [0, 0.1) is 5.92 Å². The fraction of sp³-hybridized carbons (Fsp3) is 0.760. The molecule has 1 heterocycles. The molecule has 5 nitrogen and oxygen atoms in total. The Hall–Kier alpha value is -1.46. The zero-order chi connectivity index (χ0) is 22.4. The second kappa shape index (κ2) is 14.5. The summed E-state index contributed by atoms with van der Waals surface area (Å²) in [6.07, 6.45) is 10.3. The van der Waals surface area contributed by atoms with Gasteiger partial charge in [0.2, 0.25) is 0 Å². The molecule has 0 radical (unpaired) electrons. The van der Waals surface area contributed by atoms with E-state index >= 15 is 0 Å². The van der Waals surface area contributed by atoms with Crippen LogP contribution in [0.5, 0.6) is 0 Å². The lowest BCUT2D eigenvalue weighted by atomic mass is 9.92. The number of rotatable bonds is 20. The fourth-order valence-electron chi connectivity index (χ4n) is 3.52. The summed E-state index contributed by atoms with van der Waals surface area (Å²) in [7, 11) is 0. The first-order valence-corrected chi connectivity index (χ1v) is 11.5. The van der Waals surface area contributed by atoms with Crippen LogP contribution < -0.4 is 0 Å². The van der Waals surface area contributed by atoms with Gasteiger partial charge in [-0.15, -0.1) is 0 Å². The average molecular weight is 425 g/mol. The third-order valence-corrected chi connectivity index (χ3v) is 4.90. The van der Waals surface area contributed by atoms with Gasteiger partial charge < -0.3 is 23.7 Å². The van der Waals surface area contributed by atoms with E-state index in [1.807, 2.05) is 0 Å². The van der Waals surface area contributed by atoms with Gasteiger partial charge in [0, 0.05) is 6.61 Å². The summed E-state index contributed by atoms with van der Waals surface area (Å²) in [6, 6.07) is 0. The molecule has 2 unspecified atom stereocenters. The lowest BCUT2D eigenvalue weighted by Gasteiger charge is -2.40. The van der Waals surface area contributed by atoms with Crippen LogP contribution in [0.3, 0.4) is 0 Å². The minimum absolute atomic E-state index is 0.00505. The molecule has 1 fully saturated rings. The molecule has 0 N–H and O–H groups in total. The van der Waals surface area contributed by atoms with Crippen molar-refractivity contribution in [2.75, 3.05) is 19.8 Å². The van der Waals surface area contributed by atoms with E-state index in [9.17, 15) is 0 Å². The predicted octanol–water partition coefficient (Wildman–Crippen LogP) is 6.85. The van der Waals surface area contributed by atoms with E-state index in [2.05, 4.69) is 26.7 Å². The van der Waals surface area contributed by atoms with E-state index in [0.29, 0.717) is 30.5 Å². The van der Waals surface area contributed by atoms with Crippen molar-refractivity contribution in [3.8, 4) is 0 Å². The molecule has 30 heavy (non-hydrogen) atoms. The van der Waals surface area contributed by atoms with Gasteiger partial charge in [-0.3, -0.25) is 0 Å². The highest BCUT2D eigenvalue weighted by atomic mass is 16.9. The van der Waals surface area contributed by atoms with Gasteiger partial charge in [0.25, 0.3) is 0 Å². The highest BCUT2D eigenvalue weighted by Gasteiger charge is 2.46. The monoisotopic (exact) mass is 424 g/mol. The summed E-state index contributed by atoms with van der Waals surface area (Å²) in [5.74, 6) is 0.300. The van der Waals surface area contributed by atoms with Gasteiger partial charge in [-0.05, 0) is 40.0 Å². The molecule has 174 valence electrons. The molecule has 0 saturated carbocycles. The van der Waals surface area contributed by atoms with Gasteiger partial charge in [0.1, 0.15) is 6.10 Å². The molecule has 0 aromatic carbocycles. The molecule has 1 rings (SSSR count). The van der Waals surface area contributed by atoms with Crippen LogP contribution in [0.4, 0.5) is 0 Å². The second-order valence-corrected chi connectivity index (χ2v) is 8.44. The van der Waals surface area contributed by atoms with Crippen LogP contribution in [-0.2, 0) is 23.7 Å².